The van der Waals surface area contributed by atoms with Crippen molar-refractivity contribution in [3.05, 3.63) is 0 Å². The standard InChI is InChI=1S/3C7H16N4O.C7H15NO.2C6H14N2O.CH4/c3*1-4(2)6(12)5(8)3-11-7(9)10;1-5(2)7(9)6(3)4-8;2*1-4(2)6(9)5(8)3-7;/h3*4-5H,3,8H2,1-2H3,(H4,9,10,11);5-6H,4,8H2,1-3H3;2*4-5H,3,7-8H2,1-2H3;1H4/t2*5-;;;2*5-;/m10..10./s1. The fourth-order valence-corrected chi connectivity index (χ4v) is 3.94. The number of guanidine groups is 3. The van der Waals surface area contributed by atoms with E-state index in [9.17, 15) is 28.8 Å². The Morgan fingerprint density at radius 3 is 0.594 bits per heavy atom. The highest BCUT2D eigenvalue weighted by atomic mass is 16.1. The number of nitrogens with zero attached hydrogens (tertiary/aromatic N) is 3. The number of Topliss-reactive ketones (excluding diaryl/α,β-unsaturated/α-hetero) is 6. The summed E-state index contributed by atoms with van der Waals surface area (Å²) in [5.41, 5.74) is 73.3. The first-order valence-electron chi connectivity index (χ1n) is 20.9. The highest BCUT2D eigenvalue weighted by molar-refractivity contribution is 5.88. The van der Waals surface area contributed by atoms with Gasteiger partial charge in [-0.2, -0.15) is 0 Å². The number of carbonyl (C=O) groups excluding carboxylic acids is 6. The molecule has 6 atom stereocenters. The monoisotopic (exact) mass is 922 g/mol. The van der Waals surface area contributed by atoms with E-state index < -0.39 is 30.2 Å². The number of hydrogen-bond acceptors (Lipinski definition) is 17. The number of ketones is 6. The molecule has 0 saturated carbocycles. The van der Waals surface area contributed by atoms with E-state index in [1.54, 1.807) is 41.5 Å². The average molecular weight is 922 g/mol. The molecule has 0 aromatic heterocycles. The maximum absolute atomic E-state index is 11.2. The second-order valence-electron chi connectivity index (χ2n) is 16.3. The van der Waals surface area contributed by atoms with Crippen LogP contribution in [0.3, 0.4) is 0 Å². The molecule has 0 aliphatic rings. The number of nitrogens with two attached hydrogens (primary N) is 14. The summed E-state index contributed by atoms with van der Waals surface area (Å²) >= 11 is 0. The summed E-state index contributed by atoms with van der Waals surface area (Å²) in [5, 5.41) is 0. The Bertz CT molecular complexity index is 1210. The van der Waals surface area contributed by atoms with Crippen LogP contribution < -0.4 is 80.3 Å². The zero-order valence-corrected chi connectivity index (χ0v) is 40.5. The molecule has 2 unspecified atom stereocenters. The molecule has 0 rings (SSSR count). The second-order valence-corrected chi connectivity index (χ2v) is 16.3. The van der Waals surface area contributed by atoms with E-state index in [1.165, 1.54) is 0 Å². The SMILES string of the molecule is C.CC(C)C(=O)C(C)CN.CC(C)C(=O)C(N)CN=C(N)N.CC(C)C(=O)[C@@H](N)CN.CC(C)C(=O)[C@@H](N)CN=C(N)N.CC(C)C(=O)[C@H](N)CN.CC(C)C(=O)[C@H](N)CN=C(N)N. The van der Waals surface area contributed by atoms with Gasteiger partial charge in [-0.05, 0) is 0 Å². The lowest BCUT2D eigenvalue weighted by atomic mass is 9.97. The Kier molecular flexibility index (Phi) is 49.0. The maximum atomic E-state index is 11.2. The Morgan fingerprint density at radius 1 is 0.328 bits per heavy atom. The van der Waals surface area contributed by atoms with Crippen LogP contribution in [0.4, 0.5) is 0 Å². The molecule has 0 aromatic rings. The van der Waals surface area contributed by atoms with Gasteiger partial charge in [0.1, 0.15) is 5.78 Å². The van der Waals surface area contributed by atoms with E-state index in [-0.39, 0.29) is 134 Å². The topological polar surface area (TPSA) is 504 Å². The minimum Gasteiger partial charge on any atom is -0.370 e. The molecule has 0 saturated heterocycles. The Morgan fingerprint density at radius 2 is 0.500 bits per heavy atom. The van der Waals surface area contributed by atoms with Crippen molar-refractivity contribution in [2.24, 2.45) is 137 Å². The van der Waals surface area contributed by atoms with Gasteiger partial charge in [0.25, 0.3) is 0 Å². The van der Waals surface area contributed by atoms with Crippen LogP contribution in [-0.4, -0.2) is 122 Å². The van der Waals surface area contributed by atoms with E-state index in [0.29, 0.717) is 6.54 Å². The number of carbonyl (C=O) groups is 6. The van der Waals surface area contributed by atoms with Gasteiger partial charge in [0.05, 0.1) is 49.8 Å². The number of hydrogen-bond donors (Lipinski definition) is 14. The highest BCUT2D eigenvalue weighted by Gasteiger charge is 2.19. The normalized spacial score (nSPS) is 13.0. The number of aliphatic imine (C=N–C) groups is 3. The Balaban J connectivity index is -0.000000122. The van der Waals surface area contributed by atoms with Crippen molar-refractivity contribution in [1.82, 2.24) is 0 Å². The third-order valence-corrected chi connectivity index (χ3v) is 8.00. The lowest BCUT2D eigenvalue weighted by Crippen LogP contribution is -2.40. The summed E-state index contributed by atoms with van der Waals surface area (Å²) in [5.74, 6) is 0.0803. The summed E-state index contributed by atoms with van der Waals surface area (Å²) in [6.07, 6.45) is 0. The first-order valence-corrected chi connectivity index (χ1v) is 20.9. The predicted molar refractivity (Wildman–Crippen MR) is 264 cm³/mol. The van der Waals surface area contributed by atoms with Crippen LogP contribution in [0.15, 0.2) is 15.0 Å². The van der Waals surface area contributed by atoms with Crippen molar-refractivity contribution in [3.8, 4) is 0 Å². The molecule has 380 valence electrons. The Hall–Kier alpha value is -4.49. The minimum atomic E-state index is -0.591. The van der Waals surface area contributed by atoms with Crippen molar-refractivity contribution in [2.75, 3.05) is 39.3 Å². The lowest BCUT2D eigenvalue weighted by molar-refractivity contribution is -0.125. The third kappa shape index (κ3) is 44.1. The number of rotatable bonds is 21. The Labute approximate surface area is 384 Å². The van der Waals surface area contributed by atoms with E-state index in [4.69, 9.17) is 80.3 Å². The van der Waals surface area contributed by atoms with Gasteiger partial charge in [-0.15, -0.1) is 0 Å². The van der Waals surface area contributed by atoms with Gasteiger partial charge in [-0.25, -0.2) is 0 Å². The quantitative estimate of drug-likeness (QED) is 0.0400. The lowest BCUT2D eigenvalue weighted by Gasteiger charge is -2.09. The van der Waals surface area contributed by atoms with Crippen LogP contribution in [0.25, 0.3) is 0 Å². The molecule has 0 bridgehead atoms. The van der Waals surface area contributed by atoms with Crippen molar-refractivity contribution < 1.29 is 28.8 Å². The molecule has 0 radical (unpaired) electrons. The molecule has 23 nitrogen and oxygen atoms in total. The molecule has 0 spiro atoms. The molecule has 0 fully saturated rings. The highest BCUT2D eigenvalue weighted by Crippen LogP contribution is 2.04. The third-order valence-electron chi connectivity index (χ3n) is 8.00. The van der Waals surface area contributed by atoms with E-state index >= 15 is 0 Å². The molecule has 0 aliphatic heterocycles. The van der Waals surface area contributed by atoms with Crippen molar-refractivity contribution in [1.29, 1.82) is 0 Å². The summed E-state index contributed by atoms with van der Waals surface area (Å²) in [4.78, 5) is 77.2. The van der Waals surface area contributed by atoms with Gasteiger partial charge in [0.2, 0.25) is 0 Å². The van der Waals surface area contributed by atoms with E-state index in [0.717, 1.165) is 0 Å². The molecular weight excluding hydrogens is 827 g/mol. The van der Waals surface area contributed by atoms with Gasteiger partial charge in [0, 0.05) is 61.1 Å². The maximum Gasteiger partial charge on any atom is 0.185 e. The van der Waals surface area contributed by atoms with Crippen LogP contribution >= 0.6 is 0 Å². The molecule has 28 N–H and O–H groups in total. The van der Waals surface area contributed by atoms with E-state index in [1.807, 2.05) is 48.5 Å². The fraction of sp³-hybridized carbons (Fsp3) is 0.780. The zero-order valence-electron chi connectivity index (χ0n) is 40.5. The van der Waals surface area contributed by atoms with Crippen LogP contribution in [-0.2, 0) is 28.8 Å². The van der Waals surface area contributed by atoms with Gasteiger partial charge in [0.15, 0.2) is 46.8 Å². The smallest absolute Gasteiger partial charge is 0.185 e. The first-order chi connectivity index (χ1) is 28.6. The molecule has 64 heavy (non-hydrogen) atoms. The van der Waals surface area contributed by atoms with Gasteiger partial charge >= 0.3 is 0 Å². The van der Waals surface area contributed by atoms with Crippen LogP contribution in [0.2, 0.25) is 0 Å². The first kappa shape index (κ1) is 73.9. The van der Waals surface area contributed by atoms with Crippen LogP contribution in [0.1, 0.15) is 97.4 Å². The van der Waals surface area contributed by atoms with Crippen LogP contribution in [0, 0.1) is 41.4 Å². The molecular formula is C41H95N17O6. The minimum absolute atomic E-state index is 0. The van der Waals surface area contributed by atoms with Gasteiger partial charge in [-0.3, -0.25) is 43.7 Å². The van der Waals surface area contributed by atoms with Gasteiger partial charge in [-0.1, -0.05) is 97.4 Å². The summed E-state index contributed by atoms with van der Waals surface area (Å²) in [6.45, 7) is 25.1. The van der Waals surface area contributed by atoms with Crippen molar-refractivity contribution in [2.45, 2.75) is 128 Å². The predicted octanol–water partition coefficient (Wildman–Crippen LogP) is -3.13. The summed E-state index contributed by atoms with van der Waals surface area (Å²) < 4.78 is 0. The van der Waals surface area contributed by atoms with E-state index in [2.05, 4.69) is 15.0 Å². The zero-order chi connectivity index (χ0) is 51.5. The van der Waals surface area contributed by atoms with Gasteiger partial charge < -0.3 is 80.3 Å². The molecule has 0 aliphatic carbocycles. The molecule has 23 heteroatoms. The second kappa shape index (κ2) is 42.5. The largest absolute Gasteiger partial charge is 0.370 e. The summed E-state index contributed by atoms with van der Waals surface area (Å²) in [6, 6.07) is -2.71. The summed E-state index contributed by atoms with van der Waals surface area (Å²) in [7, 11) is 0. The molecule has 0 aromatic carbocycles. The molecule has 0 amide bonds. The van der Waals surface area contributed by atoms with Crippen LogP contribution in [0.5, 0.6) is 0 Å². The average Bonchev–Trinajstić information content (AvgIpc) is 3.21. The fourth-order valence-electron chi connectivity index (χ4n) is 3.94. The van der Waals surface area contributed by atoms with Crippen molar-refractivity contribution in [3.63, 3.8) is 0 Å². The molecule has 0 heterocycles. The van der Waals surface area contributed by atoms with Crippen molar-refractivity contribution >= 4 is 52.6 Å².